The number of hydrogen-bond donors (Lipinski definition) is 0. The molecule has 0 N–H and O–H groups in total. The molecule has 2 rings (SSSR count). The predicted molar refractivity (Wildman–Crippen MR) is 72.8 cm³/mol. The van der Waals surface area contributed by atoms with E-state index in [2.05, 4.69) is 0 Å². The maximum absolute atomic E-state index is 12.9. The second-order valence-corrected chi connectivity index (χ2v) is 4.62. The topological polar surface area (TPSA) is 26.3 Å². The van der Waals surface area contributed by atoms with Gasteiger partial charge in [0.25, 0.3) is 0 Å². The minimum absolute atomic E-state index is 0.0666. The summed E-state index contributed by atoms with van der Waals surface area (Å²) < 4.78 is 17.9. The van der Waals surface area contributed by atoms with E-state index in [1.165, 1.54) is 25.3 Å². The summed E-state index contributed by atoms with van der Waals surface area (Å²) in [6, 6.07) is 8.28. The molecule has 2 aromatic rings. The first kappa shape index (κ1) is 13.8. The largest absolute Gasteiger partial charge is 0.495 e. The van der Waals surface area contributed by atoms with Crippen molar-refractivity contribution in [3.05, 3.63) is 63.4 Å². The summed E-state index contributed by atoms with van der Waals surface area (Å²) in [5.74, 6) is -0.340. The molecule has 0 unspecified atom stereocenters. The van der Waals surface area contributed by atoms with Gasteiger partial charge in [0.2, 0.25) is 0 Å². The Morgan fingerprint density at radius 3 is 2.42 bits per heavy atom. The highest BCUT2D eigenvalue weighted by atomic mass is 35.5. The van der Waals surface area contributed by atoms with Crippen LogP contribution in [0.15, 0.2) is 36.4 Å². The molecule has 0 aliphatic heterocycles. The third-order valence-electron chi connectivity index (χ3n) is 2.59. The van der Waals surface area contributed by atoms with E-state index in [1.807, 2.05) is 0 Å². The summed E-state index contributed by atoms with van der Waals surface area (Å²) in [6.07, 6.45) is 0. The highest BCUT2D eigenvalue weighted by Crippen LogP contribution is 2.27. The van der Waals surface area contributed by atoms with Gasteiger partial charge in [-0.25, -0.2) is 4.39 Å². The Balaban J connectivity index is 2.41. The molecule has 0 saturated heterocycles. The molecule has 0 saturated carbocycles. The second kappa shape index (κ2) is 5.59. The van der Waals surface area contributed by atoms with E-state index in [9.17, 15) is 9.18 Å². The van der Waals surface area contributed by atoms with Gasteiger partial charge in [-0.15, -0.1) is 0 Å². The molecular weight excluding hydrogens is 290 g/mol. The van der Waals surface area contributed by atoms with Gasteiger partial charge in [0.15, 0.2) is 5.78 Å². The van der Waals surface area contributed by atoms with Gasteiger partial charge in [0, 0.05) is 11.1 Å². The van der Waals surface area contributed by atoms with Crippen LogP contribution in [0.4, 0.5) is 4.39 Å². The van der Waals surface area contributed by atoms with Gasteiger partial charge in [-0.2, -0.15) is 0 Å². The molecule has 19 heavy (non-hydrogen) atoms. The van der Waals surface area contributed by atoms with E-state index in [0.717, 1.165) is 6.07 Å². The highest BCUT2D eigenvalue weighted by molar-refractivity contribution is 6.35. The fourth-order valence-electron chi connectivity index (χ4n) is 1.64. The molecule has 5 heteroatoms. The number of carbonyl (C=O) groups excluding carboxylic acids is 1. The molecule has 0 radical (unpaired) electrons. The molecule has 98 valence electrons. The number of benzene rings is 2. The smallest absolute Gasteiger partial charge is 0.194 e. The molecule has 0 amide bonds. The van der Waals surface area contributed by atoms with Crippen LogP contribution in [0.3, 0.4) is 0 Å². The molecule has 0 fully saturated rings. The van der Waals surface area contributed by atoms with Crippen molar-refractivity contribution < 1.29 is 13.9 Å². The van der Waals surface area contributed by atoms with E-state index >= 15 is 0 Å². The summed E-state index contributed by atoms with van der Waals surface area (Å²) >= 11 is 11.8. The summed E-state index contributed by atoms with van der Waals surface area (Å²) in [5.41, 5.74) is 0.587. The van der Waals surface area contributed by atoms with Gasteiger partial charge in [-0.3, -0.25) is 4.79 Å². The lowest BCUT2D eigenvalue weighted by Crippen LogP contribution is -2.02. The van der Waals surface area contributed by atoms with Crippen LogP contribution in [0.25, 0.3) is 0 Å². The lowest BCUT2D eigenvalue weighted by Gasteiger charge is -2.07. The van der Waals surface area contributed by atoms with Crippen molar-refractivity contribution in [1.29, 1.82) is 0 Å². The Morgan fingerprint density at radius 2 is 1.84 bits per heavy atom. The van der Waals surface area contributed by atoms with Gasteiger partial charge < -0.3 is 4.74 Å². The van der Waals surface area contributed by atoms with Crippen LogP contribution < -0.4 is 4.74 Å². The number of carbonyl (C=O) groups is 1. The predicted octanol–water partition coefficient (Wildman–Crippen LogP) is 4.37. The molecule has 0 aromatic heterocycles. The van der Waals surface area contributed by atoms with Crippen LogP contribution in [0.1, 0.15) is 15.9 Å². The highest BCUT2D eigenvalue weighted by Gasteiger charge is 2.15. The molecule has 2 aromatic carbocycles. The average Bonchev–Trinajstić information content (AvgIpc) is 2.38. The summed E-state index contributed by atoms with van der Waals surface area (Å²) in [5, 5.41) is 0.392. The molecule has 2 nitrogen and oxygen atoms in total. The van der Waals surface area contributed by atoms with E-state index in [0.29, 0.717) is 16.3 Å². The number of hydrogen-bond acceptors (Lipinski definition) is 2. The Bertz CT molecular complexity index is 641. The average molecular weight is 299 g/mol. The first-order valence-electron chi connectivity index (χ1n) is 5.36. The minimum atomic E-state index is -0.491. The fraction of sp³-hybridized carbons (Fsp3) is 0.0714. The molecule has 0 bridgehead atoms. The monoisotopic (exact) mass is 298 g/mol. The first-order valence-corrected chi connectivity index (χ1v) is 6.12. The Morgan fingerprint density at radius 1 is 1.11 bits per heavy atom. The van der Waals surface area contributed by atoms with Crippen molar-refractivity contribution in [2.45, 2.75) is 0 Å². The van der Waals surface area contributed by atoms with Crippen LogP contribution in [0.5, 0.6) is 5.75 Å². The van der Waals surface area contributed by atoms with Crippen LogP contribution in [-0.4, -0.2) is 12.9 Å². The third-order valence-corrected chi connectivity index (χ3v) is 3.20. The number of ketones is 1. The fourth-order valence-corrected chi connectivity index (χ4v) is 2.15. The lowest BCUT2D eigenvalue weighted by molar-refractivity contribution is 0.103. The zero-order chi connectivity index (χ0) is 14.0. The van der Waals surface area contributed by atoms with Crippen LogP contribution >= 0.6 is 23.2 Å². The van der Waals surface area contributed by atoms with Crippen LogP contribution in [0, 0.1) is 5.82 Å². The third kappa shape index (κ3) is 2.88. The van der Waals surface area contributed by atoms with E-state index in [1.54, 1.807) is 12.1 Å². The number of methoxy groups -OCH3 is 1. The zero-order valence-corrected chi connectivity index (χ0v) is 11.4. The van der Waals surface area contributed by atoms with Gasteiger partial charge in [0.1, 0.15) is 11.6 Å². The Hall–Kier alpha value is -1.58. The number of halogens is 3. The van der Waals surface area contributed by atoms with E-state index in [4.69, 9.17) is 27.9 Å². The Labute approximate surface area is 119 Å². The van der Waals surface area contributed by atoms with Crippen LogP contribution in [0.2, 0.25) is 10.0 Å². The molecule has 0 heterocycles. The van der Waals surface area contributed by atoms with E-state index < -0.39 is 5.82 Å². The van der Waals surface area contributed by atoms with Crippen molar-refractivity contribution in [3.8, 4) is 5.75 Å². The maximum Gasteiger partial charge on any atom is 0.194 e. The molecule has 0 aliphatic carbocycles. The van der Waals surface area contributed by atoms with E-state index in [-0.39, 0.29) is 16.4 Å². The van der Waals surface area contributed by atoms with Gasteiger partial charge in [-0.1, -0.05) is 23.2 Å². The molecule has 0 spiro atoms. The van der Waals surface area contributed by atoms with Crippen molar-refractivity contribution >= 4 is 29.0 Å². The van der Waals surface area contributed by atoms with Gasteiger partial charge in [-0.05, 0) is 36.4 Å². The molecular formula is C14H9Cl2FO2. The first-order chi connectivity index (χ1) is 9.02. The summed E-state index contributed by atoms with van der Waals surface area (Å²) in [4.78, 5) is 12.2. The Kier molecular flexibility index (Phi) is 4.08. The molecule has 0 atom stereocenters. The summed E-state index contributed by atoms with van der Waals surface area (Å²) in [6.45, 7) is 0. The number of ether oxygens (including phenoxy) is 1. The summed E-state index contributed by atoms with van der Waals surface area (Å²) in [7, 11) is 1.49. The van der Waals surface area contributed by atoms with Gasteiger partial charge in [0.05, 0.1) is 17.2 Å². The minimum Gasteiger partial charge on any atom is -0.495 e. The number of rotatable bonds is 3. The quantitative estimate of drug-likeness (QED) is 0.787. The lowest BCUT2D eigenvalue weighted by atomic mass is 10.0. The SMILES string of the molecule is COc1ccc(C(=O)c2ccc(F)cc2Cl)cc1Cl. The van der Waals surface area contributed by atoms with Crippen molar-refractivity contribution in [1.82, 2.24) is 0 Å². The second-order valence-electron chi connectivity index (χ2n) is 3.80. The normalized spacial score (nSPS) is 10.3. The zero-order valence-electron chi connectivity index (χ0n) is 9.91. The maximum atomic E-state index is 12.9. The van der Waals surface area contributed by atoms with Crippen molar-refractivity contribution in [3.63, 3.8) is 0 Å². The molecule has 0 aliphatic rings. The van der Waals surface area contributed by atoms with Crippen LogP contribution in [-0.2, 0) is 0 Å². The van der Waals surface area contributed by atoms with Crippen molar-refractivity contribution in [2.24, 2.45) is 0 Å². The standard InChI is InChI=1S/C14H9Cl2FO2/c1-19-13-5-2-8(6-12(13)16)14(18)10-4-3-9(17)7-11(10)15/h2-7H,1H3. The van der Waals surface area contributed by atoms with Gasteiger partial charge >= 0.3 is 0 Å². The van der Waals surface area contributed by atoms with Crippen molar-refractivity contribution in [2.75, 3.05) is 7.11 Å².